The number of halogens is 1. The van der Waals surface area contributed by atoms with Crippen LogP contribution in [-0.4, -0.2) is 20.4 Å². The zero-order valence-electron chi connectivity index (χ0n) is 18.1. The number of allylic oxidation sites excluding steroid dienone is 2. The van der Waals surface area contributed by atoms with Crippen LogP contribution in [0.5, 0.6) is 11.5 Å². The van der Waals surface area contributed by atoms with E-state index in [0.29, 0.717) is 28.4 Å². The highest BCUT2D eigenvalue weighted by Gasteiger charge is 2.37. The molecule has 1 heterocycles. The molecule has 4 nitrogen and oxygen atoms in total. The van der Waals surface area contributed by atoms with Crippen LogP contribution in [0.3, 0.4) is 0 Å². The first-order valence-corrected chi connectivity index (χ1v) is 11.1. The van der Waals surface area contributed by atoms with Crippen molar-refractivity contribution in [2.24, 2.45) is 10.9 Å². The van der Waals surface area contributed by atoms with Gasteiger partial charge in [0.05, 0.1) is 31.0 Å². The molecule has 0 amide bonds. The van der Waals surface area contributed by atoms with Gasteiger partial charge in [-0.15, -0.1) is 0 Å². The van der Waals surface area contributed by atoms with E-state index in [4.69, 9.17) is 21.1 Å². The molecule has 32 heavy (non-hydrogen) atoms. The number of benzene rings is 3. The van der Waals surface area contributed by atoms with Crippen molar-refractivity contribution in [3.8, 4) is 11.5 Å². The van der Waals surface area contributed by atoms with Gasteiger partial charge in [-0.05, 0) is 59.4 Å². The minimum Gasteiger partial charge on any atom is -0.493 e. The number of aliphatic imine (C=N–C) groups is 1. The predicted molar refractivity (Wildman–Crippen MR) is 131 cm³/mol. The maximum Gasteiger partial charge on any atom is 0.179 e. The fourth-order valence-electron chi connectivity index (χ4n) is 4.80. The van der Waals surface area contributed by atoms with E-state index >= 15 is 0 Å². The van der Waals surface area contributed by atoms with Gasteiger partial charge >= 0.3 is 0 Å². The zero-order valence-corrected chi connectivity index (χ0v) is 18.8. The van der Waals surface area contributed by atoms with E-state index < -0.39 is 0 Å². The molecule has 0 spiro atoms. The SMILES string of the molecule is COc1cc(C=Nc2ccc([C@@H]3Nc4ccccc4[C@H]4C=CC[C@H]43)cc2)cc(Cl)c1OC. The van der Waals surface area contributed by atoms with Crippen molar-refractivity contribution < 1.29 is 9.47 Å². The number of nitrogens with zero attached hydrogens (tertiary/aromatic N) is 1. The number of nitrogens with one attached hydrogen (secondary N) is 1. The molecule has 5 rings (SSSR count). The fraction of sp³-hybridized carbons (Fsp3) is 0.222. The van der Waals surface area contributed by atoms with E-state index in [1.807, 2.05) is 12.1 Å². The first-order chi connectivity index (χ1) is 15.7. The van der Waals surface area contributed by atoms with Gasteiger partial charge in [0.2, 0.25) is 0 Å². The third-order valence-electron chi connectivity index (χ3n) is 6.34. The summed E-state index contributed by atoms with van der Waals surface area (Å²) >= 11 is 6.30. The van der Waals surface area contributed by atoms with Gasteiger partial charge < -0.3 is 14.8 Å². The molecule has 0 saturated carbocycles. The lowest BCUT2D eigenvalue weighted by Gasteiger charge is -2.37. The van der Waals surface area contributed by atoms with Crippen molar-refractivity contribution in [3.05, 3.63) is 94.5 Å². The maximum absolute atomic E-state index is 6.30. The lowest BCUT2D eigenvalue weighted by atomic mass is 9.77. The van der Waals surface area contributed by atoms with Crippen LogP contribution < -0.4 is 14.8 Å². The molecular formula is C27H25ClN2O2. The highest BCUT2D eigenvalue weighted by atomic mass is 35.5. The largest absolute Gasteiger partial charge is 0.493 e. The number of hydrogen-bond donors (Lipinski definition) is 1. The molecule has 0 aromatic heterocycles. The van der Waals surface area contributed by atoms with Crippen molar-refractivity contribution in [2.45, 2.75) is 18.4 Å². The maximum atomic E-state index is 6.30. The molecule has 1 aliphatic heterocycles. The number of rotatable bonds is 5. The Morgan fingerprint density at radius 2 is 1.84 bits per heavy atom. The van der Waals surface area contributed by atoms with Crippen molar-refractivity contribution in [2.75, 3.05) is 19.5 Å². The van der Waals surface area contributed by atoms with E-state index in [1.54, 1.807) is 20.4 Å². The van der Waals surface area contributed by atoms with Crippen LogP contribution in [0.25, 0.3) is 0 Å². The highest BCUT2D eigenvalue weighted by Crippen LogP contribution is 2.49. The van der Waals surface area contributed by atoms with E-state index in [-0.39, 0.29) is 6.04 Å². The molecule has 0 bridgehead atoms. The van der Waals surface area contributed by atoms with Crippen LogP contribution in [0.1, 0.15) is 35.1 Å². The number of para-hydroxylation sites is 1. The Morgan fingerprint density at radius 1 is 1.03 bits per heavy atom. The molecular weight excluding hydrogens is 420 g/mol. The summed E-state index contributed by atoms with van der Waals surface area (Å²) in [7, 11) is 3.17. The Balaban J connectivity index is 1.37. The molecule has 3 atom stereocenters. The topological polar surface area (TPSA) is 42.8 Å². The van der Waals surface area contributed by atoms with Gasteiger partial charge in [-0.1, -0.05) is 54.1 Å². The summed E-state index contributed by atoms with van der Waals surface area (Å²) in [5, 5.41) is 4.27. The lowest BCUT2D eigenvalue weighted by Crippen LogP contribution is -2.28. The molecule has 0 unspecified atom stereocenters. The summed E-state index contributed by atoms with van der Waals surface area (Å²) < 4.78 is 10.7. The second kappa shape index (κ2) is 8.71. The lowest BCUT2D eigenvalue weighted by molar-refractivity contribution is 0.355. The van der Waals surface area contributed by atoms with E-state index in [1.165, 1.54) is 16.8 Å². The highest BCUT2D eigenvalue weighted by molar-refractivity contribution is 6.32. The third kappa shape index (κ3) is 3.76. The van der Waals surface area contributed by atoms with Gasteiger partial charge in [-0.2, -0.15) is 0 Å². The van der Waals surface area contributed by atoms with Crippen molar-refractivity contribution >= 4 is 29.2 Å². The average Bonchev–Trinajstić information content (AvgIpc) is 3.32. The van der Waals surface area contributed by atoms with Gasteiger partial charge in [0.25, 0.3) is 0 Å². The molecule has 1 N–H and O–H groups in total. The number of hydrogen-bond acceptors (Lipinski definition) is 4. The Bertz CT molecular complexity index is 1190. The molecule has 1 aliphatic carbocycles. The third-order valence-corrected chi connectivity index (χ3v) is 6.62. The molecule has 3 aromatic carbocycles. The average molecular weight is 445 g/mol. The number of methoxy groups -OCH3 is 2. The van der Waals surface area contributed by atoms with Crippen LogP contribution in [0.2, 0.25) is 5.02 Å². The Kier molecular flexibility index (Phi) is 5.62. The van der Waals surface area contributed by atoms with Crippen molar-refractivity contribution in [1.82, 2.24) is 0 Å². The van der Waals surface area contributed by atoms with E-state index in [2.05, 4.69) is 71.0 Å². The molecule has 2 aliphatic rings. The summed E-state index contributed by atoms with van der Waals surface area (Å²) in [6, 6.07) is 21.1. The standard InChI is InChI=1S/C27H25ClN2O2/c1-31-25-15-17(14-23(28)27(25)32-2)16-29-19-12-10-18(11-13-19)26-22-8-5-7-20(22)21-6-3-4-9-24(21)30-26/h3-7,9-16,20,22,26,30H,8H2,1-2H3/t20-,22-,26+/m1/s1. The smallest absolute Gasteiger partial charge is 0.179 e. The van der Waals surface area contributed by atoms with Gasteiger partial charge in [0, 0.05) is 17.8 Å². The predicted octanol–water partition coefficient (Wildman–Crippen LogP) is 6.93. The molecule has 3 aromatic rings. The summed E-state index contributed by atoms with van der Waals surface area (Å²) in [6.45, 7) is 0. The Hall–Kier alpha value is -3.24. The van der Waals surface area contributed by atoms with Gasteiger partial charge in [0.15, 0.2) is 11.5 Å². The Morgan fingerprint density at radius 3 is 2.62 bits per heavy atom. The van der Waals surface area contributed by atoms with Crippen molar-refractivity contribution in [3.63, 3.8) is 0 Å². The monoisotopic (exact) mass is 444 g/mol. The van der Waals surface area contributed by atoms with Gasteiger partial charge in [-0.25, -0.2) is 0 Å². The molecule has 0 radical (unpaired) electrons. The van der Waals surface area contributed by atoms with E-state index in [9.17, 15) is 0 Å². The first-order valence-electron chi connectivity index (χ1n) is 10.8. The molecule has 0 saturated heterocycles. The second-order valence-electron chi connectivity index (χ2n) is 8.15. The quantitative estimate of drug-likeness (QED) is 0.342. The number of ether oxygens (including phenoxy) is 2. The summed E-state index contributed by atoms with van der Waals surface area (Å²) in [6.07, 6.45) is 7.56. The first kappa shape index (κ1) is 20.7. The normalized spacial score (nSPS) is 21.2. The minimum absolute atomic E-state index is 0.285. The van der Waals surface area contributed by atoms with Crippen LogP contribution in [0.15, 0.2) is 77.8 Å². The Labute approximate surface area is 193 Å². The summed E-state index contributed by atoms with van der Waals surface area (Å²) in [5.74, 6) is 2.12. The summed E-state index contributed by atoms with van der Waals surface area (Å²) in [5.41, 5.74) is 5.65. The van der Waals surface area contributed by atoms with E-state index in [0.717, 1.165) is 17.7 Å². The van der Waals surface area contributed by atoms with Crippen LogP contribution in [0, 0.1) is 5.92 Å². The van der Waals surface area contributed by atoms with Gasteiger partial charge in [0.1, 0.15) is 0 Å². The molecule has 0 fully saturated rings. The van der Waals surface area contributed by atoms with Gasteiger partial charge in [-0.3, -0.25) is 4.99 Å². The fourth-order valence-corrected chi connectivity index (χ4v) is 5.10. The molecule has 5 heteroatoms. The zero-order chi connectivity index (χ0) is 22.1. The van der Waals surface area contributed by atoms with Crippen LogP contribution in [-0.2, 0) is 0 Å². The minimum atomic E-state index is 0.285. The number of fused-ring (bicyclic) bond motifs is 3. The second-order valence-corrected chi connectivity index (χ2v) is 8.56. The number of anilines is 1. The summed E-state index contributed by atoms with van der Waals surface area (Å²) in [4.78, 5) is 4.62. The van der Waals surface area contributed by atoms with Crippen LogP contribution >= 0.6 is 11.6 Å². The van der Waals surface area contributed by atoms with Crippen LogP contribution in [0.4, 0.5) is 11.4 Å². The van der Waals surface area contributed by atoms with Crippen molar-refractivity contribution in [1.29, 1.82) is 0 Å². The molecule has 162 valence electrons.